The van der Waals surface area contributed by atoms with Crippen LogP contribution in [-0.2, 0) is 14.8 Å². The average molecular weight is 328 g/mol. The van der Waals surface area contributed by atoms with Gasteiger partial charge in [-0.2, -0.15) is 4.31 Å². The second-order valence-corrected chi connectivity index (χ2v) is 6.99. The first-order valence-corrected chi connectivity index (χ1v) is 9.26. The van der Waals surface area contributed by atoms with Crippen LogP contribution in [0.4, 0.5) is 0 Å². The Bertz CT molecular complexity index is 521. The van der Waals surface area contributed by atoms with Crippen molar-refractivity contribution in [2.45, 2.75) is 25.7 Å². The molecule has 0 radical (unpaired) electrons. The summed E-state index contributed by atoms with van der Waals surface area (Å²) >= 11 is 0. The highest BCUT2D eigenvalue weighted by molar-refractivity contribution is 7.89. The van der Waals surface area contributed by atoms with Gasteiger partial charge in [0, 0.05) is 39.8 Å². The molecule has 6 heteroatoms. The van der Waals surface area contributed by atoms with Gasteiger partial charge in [-0.1, -0.05) is 31.5 Å². The standard InChI is InChI=1S/C14H22N2O3S.C2H6/c1-13-3-5-14(6-4-13)20(17,18)16-9-7-15(8-10-16)11-12-19-2;1-2/h3-6H,7-12H2,1-2H3;1-2H3. The maximum absolute atomic E-state index is 12.5. The number of nitrogens with zero attached hydrogens (tertiary/aromatic N) is 2. The topological polar surface area (TPSA) is 49.9 Å². The monoisotopic (exact) mass is 328 g/mol. The summed E-state index contributed by atoms with van der Waals surface area (Å²) in [5.74, 6) is 0. The lowest BCUT2D eigenvalue weighted by Crippen LogP contribution is -2.49. The zero-order valence-corrected chi connectivity index (χ0v) is 14.9. The van der Waals surface area contributed by atoms with Gasteiger partial charge in [-0.3, -0.25) is 4.90 Å². The molecule has 0 N–H and O–H groups in total. The average Bonchev–Trinajstić information content (AvgIpc) is 2.55. The molecule has 0 atom stereocenters. The van der Waals surface area contributed by atoms with E-state index in [1.807, 2.05) is 32.9 Å². The number of benzene rings is 1. The summed E-state index contributed by atoms with van der Waals surface area (Å²) in [7, 11) is -1.67. The molecule has 1 aliphatic rings. The molecule has 1 aromatic carbocycles. The number of rotatable bonds is 5. The highest BCUT2D eigenvalue weighted by atomic mass is 32.2. The summed E-state index contributed by atoms with van der Waals surface area (Å²) in [6.45, 7) is 10.1. The number of sulfonamides is 1. The molecular weight excluding hydrogens is 300 g/mol. The second kappa shape index (κ2) is 9.25. The maximum Gasteiger partial charge on any atom is 0.243 e. The number of piperazine rings is 1. The molecule has 1 heterocycles. The highest BCUT2D eigenvalue weighted by Crippen LogP contribution is 2.18. The Kier molecular flexibility index (Phi) is 8.03. The van der Waals surface area contributed by atoms with E-state index in [1.165, 1.54) is 0 Å². The van der Waals surface area contributed by atoms with E-state index in [2.05, 4.69) is 4.90 Å². The predicted molar refractivity (Wildman–Crippen MR) is 89.6 cm³/mol. The number of aryl methyl sites for hydroxylation is 1. The molecule has 0 bridgehead atoms. The molecule has 126 valence electrons. The molecule has 0 unspecified atom stereocenters. The molecular formula is C16H28N2O3S. The molecule has 1 saturated heterocycles. The maximum atomic E-state index is 12.5. The highest BCUT2D eigenvalue weighted by Gasteiger charge is 2.28. The van der Waals surface area contributed by atoms with E-state index in [9.17, 15) is 8.42 Å². The first-order chi connectivity index (χ1) is 10.5. The van der Waals surface area contributed by atoms with Gasteiger partial charge in [0.2, 0.25) is 10.0 Å². The summed E-state index contributed by atoms with van der Waals surface area (Å²) in [4.78, 5) is 2.61. The SMILES string of the molecule is CC.COCCN1CCN(S(=O)(=O)c2ccc(C)cc2)CC1. The molecule has 1 fully saturated rings. The van der Waals surface area contributed by atoms with Crippen LogP contribution >= 0.6 is 0 Å². The Morgan fingerprint density at radius 2 is 1.59 bits per heavy atom. The third-order valence-electron chi connectivity index (χ3n) is 3.60. The van der Waals surface area contributed by atoms with Gasteiger partial charge >= 0.3 is 0 Å². The Morgan fingerprint density at radius 3 is 2.09 bits per heavy atom. The van der Waals surface area contributed by atoms with Crippen LogP contribution in [0.2, 0.25) is 0 Å². The lowest BCUT2D eigenvalue weighted by molar-refractivity contribution is 0.123. The Hall–Kier alpha value is -0.950. The van der Waals surface area contributed by atoms with Crippen LogP contribution in [0.1, 0.15) is 19.4 Å². The van der Waals surface area contributed by atoms with Crippen molar-refractivity contribution in [3.05, 3.63) is 29.8 Å². The molecule has 1 aromatic rings. The number of hydrogen-bond acceptors (Lipinski definition) is 4. The molecule has 0 amide bonds. The molecule has 0 aliphatic carbocycles. The fraction of sp³-hybridized carbons (Fsp3) is 0.625. The van der Waals surface area contributed by atoms with E-state index in [4.69, 9.17) is 4.74 Å². The smallest absolute Gasteiger partial charge is 0.243 e. The summed E-state index contributed by atoms with van der Waals surface area (Å²) in [5.41, 5.74) is 1.06. The Balaban J connectivity index is 0.00000116. The third-order valence-corrected chi connectivity index (χ3v) is 5.51. The second-order valence-electron chi connectivity index (χ2n) is 5.05. The zero-order chi connectivity index (χ0) is 16.6. The van der Waals surface area contributed by atoms with Crippen LogP contribution < -0.4 is 0 Å². The lowest BCUT2D eigenvalue weighted by atomic mass is 10.2. The fourth-order valence-electron chi connectivity index (χ4n) is 2.27. The van der Waals surface area contributed by atoms with Crippen LogP contribution in [0.25, 0.3) is 0 Å². The minimum Gasteiger partial charge on any atom is -0.383 e. The normalized spacial score (nSPS) is 16.9. The minimum atomic E-state index is -3.35. The lowest BCUT2D eigenvalue weighted by Gasteiger charge is -2.33. The Morgan fingerprint density at radius 1 is 1.05 bits per heavy atom. The molecule has 5 nitrogen and oxygen atoms in total. The molecule has 0 saturated carbocycles. The van der Waals surface area contributed by atoms with Crippen molar-refractivity contribution in [1.29, 1.82) is 0 Å². The summed E-state index contributed by atoms with van der Waals surface area (Å²) in [5, 5.41) is 0. The number of methoxy groups -OCH3 is 1. The van der Waals surface area contributed by atoms with Crippen molar-refractivity contribution < 1.29 is 13.2 Å². The van der Waals surface area contributed by atoms with Crippen molar-refractivity contribution in [2.24, 2.45) is 0 Å². The molecule has 1 aliphatic heterocycles. The first kappa shape index (κ1) is 19.1. The van der Waals surface area contributed by atoms with Crippen molar-refractivity contribution in [1.82, 2.24) is 9.21 Å². The van der Waals surface area contributed by atoms with E-state index in [0.29, 0.717) is 24.6 Å². The van der Waals surface area contributed by atoms with Crippen LogP contribution in [0.3, 0.4) is 0 Å². The van der Waals surface area contributed by atoms with Crippen LogP contribution in [0.5, 0.6) is 0 Å². The first-order valence-electron chi connectivity index (χ1n) is 7.82. The largest absolute Gasteiger partial charge is 0.383 e. The van der Waals surface area contributed by atoms with Gasteiger partial charge in [-0.15, -0.1) is 0 Å². The zero-order valence-electron chi connectivity index (χ0n) is 14.1. The summed E-state index contributed by atoms with van der Waals surface area (Å²) < 4.78 is 31.6. The summed E-state index contributed by atoms with van der Waals surface area (Å²) in [6, 6.07) is 7.04. The third kappa shape index (κ3) is 5.05. The van der Waals surface area contributed by atoms with E-state index in [1.54, 1.807) is 23.5 Å². The van der Waals surface area contributed by atoms with Gasteiger partial charge < -0.3 is 4.74 Å². The molecule has 2 rings (SSSR count). The molecule has 0 spiro atoms. The minimum absolute atomic E-state index is 0.383. The van der Waals surface area contributed by atoms with E-state index in [0.717, 1.165) is 25.2 Å². The predicted octanol–water partition coefficient (Wildman–Crippen LogP) is 1.97. The summed E-state index contributed by atoms with van der Waals surface area (Å²) in [6.07, 6.45) is 0. The van der Waals surface area contributed by atoms with Crippen molar-refractivity contribution >= 4 is 10.0 Å². The quantitative estimate of drug-likeness (QED) is 0.829. The number of hydrogen-bond donors (Lipinski definition) is 0. The van der Waals surface area contributed by atoms with Gasteiger partial charge in [0.05, 0.1) is 11.5 Å². The van der Waals surface area contributed by atoms with Crippen LogP contribution in [0.15, 0.2) is 29.2 Å². The van der Waals surface area contributed by atoms with Gasteiger partial charge in [0.1, 0.15) is 0 Å². The Labute approximate surface area is 134 Å². The van der Waals surface area contributed by atoms with Crippen LogP contribution in [0, 0.1) is 6.92 Å². The van der Waals surface area contributed by atoms with Gasteiger partial charge in [-0.05, 0) is 19.1 Å². The van der Waals surface area contributed by atoms with Crippen molar-refractivity contribution in [3.63, 3.8) is 0 Å². The van der Waals surface area contributed by atoms with Crippen LogP contribution in [-0.4, -0.2) is 64.1 Å². The number of ether oxygens (including phenoxy) is 1. The molecule has 0 aromatic heterocycles. The van der Waals surface area contributed by atoms with Crippen molar-refractivity contribution in [2.75, 3.05) is 46.4 Å². The fourth-order valence-corrected chi connectivity index (χ4v) is 3.70. The van der Waals surface area contributed by atoms with Crippen molar-refractivity contribution in [3.8, 4) is 0 Å². The molecule has 22 heavy (non-hydrogen) atoms. The van der Waals surface area contributed by atoms with Gasteiger partial charge in [-0.25, -0.2) is 8.42 Å². The van der Waals surface area contributed by atoms with E-state index >= 15 is 0 Å². The van der Waals surface area contributed by atoms with Gasteiger partial charge in [0.25, 0.3) is 0 Å². The van der Waals surface area contributed by atoms with E-state index < -0.39 is 10.0 Å². The van der Waals surface area contributed by atoms with Gasteiger partial charge in [0.15, 0.2) is 0 Å². The van der Waals surface area contributed by atoms with E-state index in [-0.39, 0.29) is 0 Å².